The predicted octanol–water partition coefficient (Wildman–Crippen LogP) is 2.26. The molecule has 1 aliphatic heterocycles. The number of esters is 1. The Labute approximate surface area is 139 Å². The molecule has 1 saturated heterocycles. The van der Waals surface area contributed by atoms with E-state index < -0.39 is 33.8 Å². The molecule has 2 aromatic rings. The van der Waals surface area contributed by atoms with Gasteiger partial charge in [0.05, 0.1) is 23.1 Å². The van der Waals surface area contributed by atoms with Crippen molar-refractivity contribution in [1.29, 1.82) is 0 Å². The van der Waals surface area contributed by atoms with Gasteiger partial charge in [-0.3, -0.25) is 0 Å². The zero-order chi connectivity index (χ0) is 17.2. The summed E-state index contributed by atoms with van der Waals surface area (Å²) in [4.78, 5) is 12.2. The summed E-state index contributed by atoms with van der Waals surface area (Å²) in [5, 5.41) is 3.10. The molecule has 1 aliphatic rings. The average Bonchev–Trinajstić information content (AvgIpc) is 2.82. The van der Waals surface area contributed by atoms with Gasteiger partial charge in [0.1, 0.15) is 11.9 Å². The zero-order valence-electron chi connectivity index (χ0n) is 12.7. The second-order valence-electron chi connectivity index (χ2n) is 5.64. The Balaban J connectivity index is 1.74. The van der Waals surface area contributed by atoms with Gasteiger partial charge in [-0.05, 0) is 36.4 Å². The first-order valence-electron chi connectivity index (χ1n) is 7.41. The van der Waals surface area contributed by atoms with Gasteiger partial charge in [-0.2, -0.15) is 0 Å². The number of rotatable bonds is 4. The third kappa shape index (κ3) is 3.91. The van der Waals surface area contributed by atoms with Crippen LogP contribution in [0.25, 0.3) is 0 Å². The lowest BCUT2D eigenvalue weighted by Crippen LogP contribution is -2.35. The molecule has 2 atom stereocenters. The van der Waals surface area contributed by atoms with Crippen molar-refractivity contribution < 1.29 is 22.3 Å². The molecular formula is C17H16FNO4S. The summed E-state index contributed by atoms with van der Waals surface area (Å²) in [6.45, 7) is 0. The predicted molar refractivity (Wildman–Crippen MR) is 88.1 cm³/mol. The highest BCUT2D eigenvalue weighted by Crippen LogP contribution is 2.21. The smallest absolute Gasteiger partial charge is 0.338 e. The Morgan fingerprint density at radius 3 is 2.38 bits per heavy atom. The van der Waals surface area contributed by atoms with Crippen molar-refractivity contribution in [2.24, 2.45) is 0 Å². The van der Waals surface area contributed by atoms with Gasteiger partial charge in [0.2, 0.25) is 0 Å². The van der Waals surface area contributed by atoms with E-state index in [0.29, 0.717) is 0 Å². The maximum Gasteiger partial charge on any atom is 0.338 e. The maximum absolute atomic E-state index is 12.9. The number of para-hydroxylation sites is 1. The topological polar surface area (TPSA) is 72.5 Å². The van der Waals surface area contributed by atoms with Crippen LogP contribution in [0.2, 0.25) is 0 Å². The van der Waals surface area contributed by atoms with Crippen molar-refractivity contribution in [1.82, 2.24) is 0 Å². The summed E-state index contributed by atoms with van der Waals surface area (Å²) in [5.41, 5.74) is 0.932. The molecule has 3 rings (SSSR count). The summed E-state index contributed by atoms with van der Waals surface area (Å²) in [6.07, 6.45) is -0.798. The van der Waals surface area contributed by atoms with Crippen molar-refractivity contribution in [3.8, 4) is 0 Å². The summed E-state index contributed by atoms with van der Waals surface area (Å²) in [6, 6.07) is 13.5. The molecule has 0 aromatic heterocycles. The van der Waals surface area contributed by atoms with Crippen LogP contribution in [-0.4, -0.2) is 38.0 Å². The van der Waals surface area contributed by atoms with E-state index in [-0.39, 0.29) is 17.1 Å². The van der Waals surface area contributed by atoms with Gasteiger partial charge in [0, 0.05) is 5.69 Å². The fourth-order valence-corrected chi connectivity index (χ4v) is 4.39. The lowest BCUT2D eigenvalue weighted by Gasteiger charge is -2.21. The summed E-state index contributed by atoms with van der Waals surface area (Å²) >= 11 is 0. The van der Waals surface area contributed by atoms with E-state index in [9.17, 15) is 17.6 Å². The zero-order valence-corrected chi connectivity index (χ0v) is 13.5. The number of hydrogen-bond acceptors (Lipinski definition) is 5. The standard InChI is InChI=1S/C17H16FNO4S/c18-13-8-6-12(7-9-13)17(20)23-16-11-24(21,22)10-15(16)19-14-4-2-1-3-5-14/h1-9,15-16,19H,10-11H2/t15-,16-/m1/s1. The van der Waals surface area contributed by atoms with Gasteiger partial charge in [-0.25, -0.2) is 17.6 Å². The lowest BCUT2D eigenvalue weighted by atomic mass is 10.2. The third-order valence-electron chi connectivity index (χ3n) is 3.76. The minimum atomic E-state index is -3.30. The highest BCUT2D eigenvalue weighted by molar-refractivity contribution is 7.91. The third-order valence-corrected chi connectivity index (χ3v) is 5.47. The molecule has 126 valence electrons. The second kappa shape index (κ2) is 6.60. The molecule has 1 N–H and O–H groups in total. The van der Waals surface area contributed by atoms with Crippen LogP contribution < -0.4 is 5.32 Å². The number of carbonyl (C=O) groups is 1. The normalized spacial score (nSPS) is 22.0. The molecule has 0 aliphatic carbocycles. The van der Waals surface area contributed by atoms with E-state index in [1.165, 1.54) is 12.1 Å². The van der Waals surface area contributed by atoms with Gasteiger partial charge in [0.25, 0.3) is 0 Å². The van der Waals surface area contributed by atoms with Crippen molar-refractivity contribution in [3.05, 3.63) is 66.0 Å². The Morgan fingerprint density at radius 2 is 1.71 bits per heavy atom. The Kier molecular flexibility index (Phi) is 4.53. The molecule has 0 spiro atoms. The molecule has 0 saturated carbocycles. The first-order valence-corrected chi connectivity index (χ1v) is 9.24. The monoisotopic (exact) mass is 349 g/mol. The molecule has 2 aromatic carbocycles. The fourth-order valence-electron chi connectivity index (χ4n) is 2.61. The maximum atomic E-state index is 12.9. The summed E-state index contributed by atoms with van der Waals surface area (Å²) in [5.74, 6) is -1.47. The number of hydrogen-bond donors (Lipinski definition) is 1. The fraction of sp³-hybridized carbons (Fsp3) is 0.235. The van der Waals surface area contributed by atoms with Gasteiger partial charge >= 0.3 is 5.97 Å². The minimum Gasteiger partial charge on any atom is -0.455 e. The van der Waals surface area contributed by atoms with Gasteiger partial charge < -0.3 is 10.1 Å². The van der Waals surface area contributed by atoms with Crippen molar-refractivity contribution in [2.45, 2.75) is 12.1 Å². The van der Waals surface area contributed by atoms with Crippen LogP contribution in [0.3, 0.4) is 0 Å². The summed E-state index contributed by atoms with van der Waals surface area (Å²) in [7, 11) is -3.30. The highest BCUT2D eigenvalue weighted by atomic mass is 32.2. The van der Waals surface area contributed by atoms with E-state index >= 15 is 0 Å². The van der Waals surface area contributed by atoms with Crippen molar-refractivity contribution >= 4 is 21.5 Å². The van der Waals surface area contributed by atoms with Gasteiger partial charge in [-0.15, -0.1) is 0 Å². The number of ether oxygens (including phenoxy) is 1. The van der Waals surface area contributed by atoms with E-state index in [1.54, 1.807) is 0 Å². The average molecular weight is 349 g/mol. The molecule has 0 amide bonds. The van der Waals surface area contributed by atoms with Crippen LogP contribution >= 0.6 is 0 Å². The number of nitrogens with one attached hydrogen (secondary N) is 1. The molecule has 0 radical (unpaired) electrons. The Bertz CT molecular complexity index is 821. The van der Waals surface area contributed by atoms with E-state index in [2.05, 4.69) is 5.32 Å². The van der Waals surface area contributed by atoms with Crippen LogP contribution in [0, 0.1) is 5.82 Å². The number of halogens is 1. The first-order chi connectivity index (χ1) is 11.4. The number of benzene rings is 2. The lowest BCUT2D eigenvalue weighted by molar-refractivity contribution is 0.0336. The quantitative estimate of drug-likeness (QED) is 0.857. The van der Waals surface area contributed by atoms with Gasteiger partial charge in [-0.1, -0.05) is 18.2 Å². The second-order valence-corrected chi connectivity index (χ2v) is 7.80. The van der Waals surface area contributed by atoms with Crippen LogP contribution in [-0.2, 0) is 14.6 Å². The van der Waals surface area contributed by atoms with E-state index in [4.69, 9.17) is 4.74 Å². The molecule has 0 unspecified atom stereocenters. The van der Waals surface area contributed by atoms with E-state index in [1.807, 2.05) is 30.3 Å². The number of sulfone groups is 1. The van der Waals surface area contributed by atoms with Crippen LogP contribution in [0.4, 0.5) is 10.1 Å². The largest absolute Gasteiger partial charge is 0.455 e. The van der Waals surface area contributed by atoms with Crippen molar-refractivity contribution in [2.75, 3.05) is 16.8 Å². The Morgan fingerprint density at radius 1 is 1.04 bits per heavy atom. The van der Waals surface area contributed by atoms with Gasteiger partial charge in [0.15, 0.2) is 9.84 Å². The number of anilines is 1. The first kappa shape index (κ1) is 16.4. The molecule has 0 bridgehead atoms. The number of carbonyl (C=O) groups excluding carboxylic acids is 1. The Hall–Kier alpha value is -2.41. The van der Waals surface area contributed by atoms with Crippen LogP contribution in [0.5, 0.6) is 0 Å². The van der Waals surface area contributed by atoms with Crippen molar-refractivity contribution in [3.63, 3.8) is 0 Å². The molecular weight excluding hydrogens is 333 g/mol. The van der Waals surface area contributed by atoms with Crippen LogP contribution in [0.1, 0.15) is 10.4 Å². The molecule has 24 heavy (non-hydrogen) atoms. The molecule has 1 heterocycles. The molecule has 7 heteroatoms. The minimum absolute atomic E-state index is 0.108. The van der Waals surface area contributed by atoms with E-state index in [0.717, 1.165) is 17.8 Å². The highest BCUT2D eigenvalue weighted by Gasteiger charge is 2.40. The summed E-state index contributed by atoms with van der Waals surface area (Å²) < 4.78 is 42.1. The molecule has 5 nitrogen and oxygen atoms in total. The SMILES string of the molecule is O=C(O[C@@H]1CS(=O)(=O)C[C@H]1Nc1ccccc1)c1ccc(F)cc1. The molecule has 1 fully saturated rings. The van der Waals surface area contributed by atoms with Crippen LogP contribution in [0.15, 0.2) is 54.6 Å².